The van der Waals surface area contributed by atoms with Crippen LogP contribution in [0.5, 0.6) is 0 Å². The summed E-state index contributed by atoms with van der Waals surface area (Å²) < 4.78 is 62.9. The van der Waals surface area contributed by atoms with E-state index in [4.69, 9.17) is 0 Å². The van der Waals surface area contributed by atoms with E-state index in [1.54, 1.807) is 18.2 Å². The topological polar surface area (TPSA) is 66.5 Å². The molecule has 0 aromatic heterocycles. The number of carbonyl (C=O) groups is 1. The molecule has 1 fully saturated rings. The molecule has 0 saturated carbocycles. The summed E-state index contributed by atoms with van der Waals surface area (Å²) in [4.78, 5) is 12.2. The van der Waals surface area contributed by atoms with E-state index in [0.717, 1.165) is 24.3 Å². The fourth-order valence-corrected chi connectivity index (χ4v) is 4.24. The molecule has 1 saturated heterocycles. The van der Waals surface area contributed by atoms with Gasteiger partial charge in [-0.3, -0.25) is 9.10 Å². The van der Waals surface area contributed by atoms with Gasteiger partial charge in [-0.05, 0) is 48.9 Å². The number of amides is 1. The Morgan fingerprint density at radius 2 is 1.77 bits per heavy atom. The highest BCUT2D eigenvalue weighted by atomic mass is 32.2. The van der Waals surface area contributed by atoms with Crippen LogP contribution in [0.2, 0.25) is 0 Å². The molecule has 0 aliphatic carbocycles. The van der Waals surface area contributed by atoms with E-state index in [2.05, 4.69) is 5.32 Å². The van der Waals surface area contributed by atoms with Gasteiger partial charge in [0, 0.05) is 17.8 Å². The van der Waals surface area contributed by atoms with Gasteiger partial charge in [0.2, 0.25) is 10.0 Å². The van der Waals surface area contributed by atoms with Crippen molar-refractivity contribution in [1.82, 2.24) is 0 Å². The first-order valence-electron chi connectivity index (χ1n) is 7.76. The Balaban J connectivity index is 1.77. The van der Waals surface area contributed by atoms with Crippen LogP contribution in [0.4, 0.5) is 24.5 Å². The van der Waals surface area contributed by atoms with Crippen LogP contribution in [0.15, 0.2) is 48.5 Å². The number of nitrogens with zero attached hydrogens (tertiary/aromatic N) is 1. The molecular weight excluding hydrogens is 369 g/mol. The highest BCUT2D eigenvalue weighted by Gasteiger charge is 2.30. The number of sulfonamides is 1. The van der Waals surface area contributed by atoms with Crippen molar-refractivity contribution in [2.45, 2.75) is 12.6 Å². The molecule has 1 aliphatic rings. The van der Waals surface area contributed by atoms with Crippen LogP contribution in [0, 0.1) is 0 Å². The molecule has 26 heavy (non-hydrogen) atoms. The molecule has 0 radical (unpaired) electrons. The van der Waals surface area contributed by atoms with Gasteiger partial charge in [0.25, 0.3) is 5.91 Å². The fourth-order valence-electron chi connectivity index (χ4n) is 2.68. The van der Waals surface area contributed by atoms with Gasteiger partial charge >= 0.3 is 6.18 Å². The van der Waals surface area contributed by atoms with Crippen LogP contribution in [0.3, 0.4) is 0 Å². The van der Waals surface area contributed by atoms with E-state index < -0.39 is 27.7 Å². The molecule has 0 bridgehead atoms. The third kappa shape index (κ3) is 3.82. The minimum atomic E-state index is -4.47. The largest absolute Gasteiger partial charge is 0.416 e. The van der Waals surface area contributed by atoms with Crippen molar-refractivity contribution in [3.8, 4) is 0 Å². The summed E-state index contributed by atoms with van der Waals surface area (Å²) in [5.74, 6) is -0.505. The van der Waals surface area contributed by atoms with Gasteiger partial charge in [-0.1, -0.05) is 6.07 Å². The summed E-state index contributed by atoms with van der Waals surface area (Å²) in [7, 11) is -3.34. The highest BCUT2D eigenvalue weighted by molar-refractivity contribution is 7.93. The molecule has 1 N–H and O–H groups in total. The predicted molar refractivity (Wildman–Crippen MR) is 91.6 cm³/mol. The third-order valence-corrected chi connectivity index (χ3v) is 5.84. The normalized spacial score (nSPS) is 16.5. The van der Waals surface area contributed by atoms with Gasteiger partial charge < -0.3 is 5.32 Å². The molecule has 2 aromatic carbocycles. The van der Waals surface area contributed by atoms with E-state index in [0.29, 0.717) is 24.3 Å². The maximum absolute atomic E-state index is 12.6. The molecule has 0 unspecified atom stereocenters. The molecule has 1 heterocycles. The van der Waals surface area contributed by atoms with Gasteiger partial charge in [-0.15, -0.1) is 0 Å². The van der Waals surface area contributed by atoms with E-state index >= 15 is 0 Å². The Morgan fingerprint density at radius 1 is 1.08 bits per heavy atom. The molecule has 3 rings (SSSR count). The number of rotatable bonds is 3. The zero-order chi connectivity index (χ0) is 18.9. The smallest absolute Gasteiger partial charge is 0.322 e. The second-order valence-corrected chi connectivity index (χ2v) is 7.83. The molecule has 5 nitrogen and oxygen atoms in total. The molecule has 9 heteroatoms. The fraction of sp³-hybridized carbons (Fsp3) is 0.235. The number of anilines is 2. The van der Waals surface area contributed by atoms with Gasteiger partial charge in [-0.2, -0.15) is 13.2 Å². The molecule has 138 valence electrons. The average Bonchev–Trinajstić information content (AvgIpc) is 2.93. The number of benzene rings is 2. The Bertz CT molecular complexity index is 925. The summed E-state index contributed by atoms with van der Waals surface area (Å²) >= 11 is 0. The quantitative estimate of drug-likeness (QED) is 0.881. The molecule has 0 spiro atoms. The molecule has 1 aliphatic heterocycles. The standard InChI is InChI=1S/C17H15F3N2O3S/c18-17(19,20)13-7-5-12(6-8-13)16(23)21-14-3-1-4-15(11-14)22-9-2-10-26(22,24)25/h1,3-8,11H,2,9-10H2,(H,21,23). The summed E-state index contributed by atoms with van der Waals surface area (Å²) in [6.07, 6.45) is -3.94. The maximum Gasteiger partial charge on any atom is 0.416 e. The van der Waals surface area contributed by atoms with Gasteiger partial charge in [0.05, 0.1) is 17.0 Å². The highest BCUT2D eigenvalue weighted by Crippen LogP contribution is 2.29. The minimum absolute atomic E-state index is 0.0668. The zero-order valence-electron chi connectivity index (χ0n) is 13.5. The van der Waals surface area contributed by atoms with E-state index in [-0.39, 0.29) is 11.3 Å². The Labute approximate surface area is 148 Å². The summed E-state index contributed by atoms with van der Waals surface area (Å²) in [5.41, 5.74) is 0.0229. The van der Waals surface area contributed by atoms with Crippen molar-refractivity contribution in [2.24, 2.45) is 0 Å². The first-order valence-corrected chi connectivity index (χ1v) is 9.37. The monoisotopic (exact) mass is 384 g/mol. The zero-order valence-corrected chi connectivity index (χ0v) is 14.3. The number of alkyl halides is 3. The lowest BCUT2D eigenvalue weighted by molar-refractivity contribution is -0.137. The van der Waals surface area contributed by atoms with Crippen molar-refractivity contribution in [3.63, 3.8) is 0 Å². The van der Waals surface area contributed by atoms with Crippen molar-refractivity contribution in [2.75, 3.05) is 21.9 Å². The number of halogens is 3. The average molecular weight is 384 g/mol. The number of hydrogen-bond acceptors (Lipinski definition) is 3. The molecule has 1 amide bonds. The van der Waals surface area contributed by atoms with Crippen molar-refractivity contribution in [1.29, 1.82) is 0 Å². The first-order chi connectivity index (χ1) is 12.2. The predicted octanol–water partition coefficient (Wildman–Crippen LogP) is 3.50. The molecule has 0 atom stereocenters. The van der Waals surface area contributed by atoms with Crippen molar-refractivity contribution >= 4 is 27.3 Å². The van der Waals surface area contributed by atoms with Crippen molar-refractivity contribution in [3.05, 3.63) is 59.7 Å². The lowest BCUT2D eigenvalue weighted by atomic mass is 10.1. The first kappa shape index (κ1) is 18.2. The van der Waals surface area contributed by atoms with Gasteiger partial charge in [0.1, 0.15) is 0 Å². The summed E-state index contributed by atoms with van der Waals surface area (Å²) in [6.45, 7) is 0.374. The Kier molecular flexibility index (Phi) is 4.66. The van der Waals surface area contributed by atoms with Crippen LogP contribution in [0.25, 0.3) is 0 Å². The van der Waals surface area contributed by atoms with Crippen LogP contribution < -0.4 is 9.62 Å². The van der Waals surface area contributed by atoms with Crippen LogP contribution >= 0.6 is 0 Å². The molecular formula is C17H15F3N2O3S. The number of hydrogen-bond donors (Lipinski definition) is 1. The van der Waals surface area contributed by atoms with Gasteiger partial charge in [-0.25, -0.2) is 8.42 Å². The van der Waals surface area contributed by atoms with E-state index in [1.807, 2.05) is 0 Å². The van der Waals surface area contributed by atoms with E-state index in [9.17, 15) is 26.4 Å². The van der Waals surface area contributed by atoms with Crippen molar-refractivity contribution < 1.29 is 26.4 Å². The van der Waals surface area contributed by atoms with Crippen LogP contribution in [0.1, 0.15) is 22.3 Å². The second kappa shape index (κ2) is 6.64. The third-order valence-electron chi connectivity index (χ3n) is 3.97. The van der Waals surface area contributed by atoms with Crippen LogP contribution in [-0.2, 0) is 16.2 Å². The summed E-state index contributed by atoms with van der Waals surface area (Å²) in [6, 6.07) is 10.2. The van der Waals surface area contributed by atoms with Gasteiger partial charge in [0.15, 0.2) is 0 Å². The lowest BCUT2D eigenvalue weighted by Crippen LogP contribution is -2.25. The SMILES string of the molecule is O=C(Nc1cccc(N2CCCS2(=O)=O)c1)c1ccc(C(F)(F)F)cc1. The number of carbonyl (C=O) groups excluding carboxylic acids is 1. The minimum Gasteiger partial charge on any atom is -0.322 e. The van der Waals surface area contributed by atoms with E-state index in [1.165, 1.54) is 10.4 Å². The Morgan fingerprint density at radius 3 is 2.35 bits per heavy atom. The van der Waals surface area contributed by atoms with Crippen LogP contribution in [-0.4, -0.2) is 26.6 Å². The maximum atomic E-state index is 12.6. The summed E-state index contributed by atoms with van der Waals surface area (Å²) in [5, 5.41) is 2.57. The number of nitrogens with one attached hydrogen (secondary N) is 1. The molecule has 2 aromatic rings. The Hall–Kier alpha value is -2.55. The second-order valence-electron chi connectivity index (χ2n) is 5.82. The lowest BCUT2D eigenvalue weighted by Gasteiger charge is -2.17.